The number of hydrogen-bond donors (Lipinski definition) is 1. The van der Waals surface area contributed by atoms with Crippen molar-refractivity contribution < 1.29 is 18.7 Å². The van der Waals surface area contributed by atoms with Crippen LogP contribution in [-0.4, -0.2) is 49.8 Å². The molecule has 2 N–H and O–H groups in total. The fraction of sp³-hybridized carbons (Fsp3) is 0.533. The highest BCUT2D eigenvalue weighted by atomic mass is 19.1. The molecule has 2 rings (SSSR count). The summed E-state index contributed by atoms with van der Waals surface area (Å²) in [6, 6.07) is 4.70. The van der Waals surface area contributed by atoms with Crippen molar-refractivity contribution >= 4 is 5.91 Å². The van der Waals surface area contributed by atoms with Crippen molar-refractivity contribution in [3.8, 4) is 5.75 Å². The lowest BCUT2D eigenvalue weighted by Crippen LogP contribution is -2.46. The summed E-state index contributed by atoms with van der Waals surface area (Å²) >= 11 is 0. The van der Waals surface area contributed by atoms with Gasteiger partial charge in [0.05, 0.1) is 13.2 Å². The Bertz CT molecular complexity index is 490. The number of rotatable bonds is 5. The number of nitrogens with zero attached hydrogens (tertiary/aromatic N) is 1. The van der Waals surface area contributed by atoms with E-state index in [2.05, 4.69) is 0 Å². The molecular weight excluding hydrogens is 275 g/mol. The number of nitrogens with two attached hydrogens (primary N) is 1. The highest BCUT2D eigenvalue weighted by Gasteiger charge is 2.24. The first-order valence-electron chi connectivity index (χ1n) is 7.13. The molecule has 0 saturated carbocycles. The molecule has 0 aliphatic carbocycles. The molecule has 1 aromatic carbocycles. The molecule has 1 aliphatic rings. The molecule has 6 heteroatoms. The number of carbonyl (C=O) groups is 1. The van der Waals surface area contributed by atoms with Gasteiger partial charge in [0.2, 0.25) is 0 Å². The lowest BCUT2D eigenvalue weighted by Gasteiger charge is -2.29. The Labute approximate surface area is 123 Å². The number of halogens is 1. The molecule has 1 heterocycles. The van der Waals surface area contributed by atoms with Crippen LogP contribution < -0.4 is 10.5 Å². The third-order valence-electron chi connectivity index (χ3n) is 3.40. The number of carbonyl (C=O) groups excluding carboxylic acids is 1. The van der Waals surface area contributed by atoms with E-state index in [1.165, 1.54) is 6.07 Å². The molecule has 1 saturated heterocycles. The van der Waals surface area contributed by atoms with Gasteiger partial charge in [0, 0.05) is 13.1 Å². The third kappa shape index (κ3) is 4.15. The summed E-state index contributed by atoms with van der Waals surface area (Å²) in [7, 11) is 0. The van der Waals surface area contributed by atoms with E-state index in [9.17, 15) is 9.18 Å². The molecule has 116 valence electrons. The lowest BCUT2D eigenvalue weighted by molar-refractivity contribution is -0.142. The first kappa shape index (κ1) is 15.7. The molecule has 5 nitrogen and oxygen atoms in total. The van der Waals surface area contributed by atoms with Gasteiger partial charge < -0.3 is 20.1 Å². The summed E-state index contributed by atoms with van der Waals surface area (Å²) in [5.74, 6) is -0.531. The van der Waals surface area contributed by atoms with E-state index in [-0.39, 0.29) is 11.7 Å². The maximum atomic E-state index is 13.9. The van der Waals surface area contributed by atoms with E-state index >= 15 is 0 Å². The second-order valence-electron chi connectivity index (χ2n) is 5.00. The van der Waals surface area contributed by atoms with E-state index in [1.54, 1.807) is 24.0 Å². The van der Waals surface area contributed by atoms with Crippen LogP contribution in [-0.2, 0) is 16.0 Å². The number of amides is 1. The molecule has 1 amide bonds. The highest BCUT2D eigenvalue weighted by Crippen LogP contribution is 2.20. The number of benzene rings is 1. The van der Waals surface area contributed by atoms with Gasteiger partial charge in [-0.25, -0.2) is 4.39 Å². The minimum absolute atomic E-state index is 0.0879. The summed E-state index contributed by atoms with van der Waals surface area (Å²) in [6.45, 7) is 4.24. The maximum Gasteiger partial charge on any atom is 0.263 e. The molecule has 1 unspecified atom stereocenters. The van der Waals surface area contributed by atoms with E-state index in [4.69, 9.17) is 15.2 Å². The van der Waals surface area contributed by atoms with Gasteiger partial charge in [-0.15, -0.1) is 0 Å². The van der Waals surface area contributed by atoms with Gasteiger partial charge in [-0.1, -0.05) is 6.07 Å². The predicted molar refractivity (Wildman–Crippen MR) is 76.6 cm³/mol. The Balaban J connectivity index is 1.98. The van der Waals surface area contributed by atoms with Gasteiger partial charge >= 0.3 is 0 Å². The lowest BCUT2D eigenvalue weighted by atomic mass is 10.1. The molecule has 0 radical (unpaired) electrons. The Morgan fingerprint density at radius 1 is 1.48 bits per heavy atom. The standard InChI is InChI=1S/C15H21FN2O3/c1-11(15(19)18-6-8-20-9-7-18)21-14-3-2-12(4-5-17)10-13(14)16/h2-3,10-11H,4-9,17H2,1H3. The predicted octanol–water partition coefficient (Wildman–Crippen LogP) is 0.953. The average Bonchev–Trinajstić information content (AvgIpc) is 2.50. The smallest absolute Gasteiger partial charge is 0.263 e. The van der Waals surface area contributed by atoms with Crippen LogP contribution >= 0.6 is 0 Å². The van der Waals surface area contributed by atoms with E-state index in [0.29, 0.717) is 39.3 Å². The van der Waals surface area contributed by atoms with Crippen LogP contribution in [0.1, 0.15) is 12.5 Å². The normalized spacial score (nSPS) is 16.6. The molecule has 1 aliphatic heterocycles. The minimum Gasteiger partial charge on any atom is -0.478 e. The van der Waals surface area contributed by atoms with Crippen LogP contribution in [0.2, 0.25) is 0 Å². The third-order valence-corrected chi connectivity index (χ3v) is 3.40. The van der Waals surface area contributed by atoms with Crippen molar-refractivity contribution in [3.05, 3.63) is 29.6 Å². The summed E-state index contributed by atoms with van der Waals surface area (Å²) < 4.78 is 24.6. The number of morpholine rings is 1. The zero-order valence-corrected chi connectivity index (χ0v) is 12.2. The van der Waals surface area contributed by atoms with Gasteiger partial charge in [0.15, 0.2) is 17.7 Å². The van der Waals surface area contributed by atoms with Crippen LogP contribution in [0.3, 0.4) is 0 Å². The largest absolute Gasteiger partial charge is 0.478 e. The van der Waals surface area contributed by atoms with Gasteiger partial charge in [-0.2, -0.15) is 0 Å². The van der Waals surface area contributed by atoms with E-state index < -0.39 is 11.9 Å². The summed E-state index contributed by atoms with van der Waals surface area (Å²) in [5.41, 5.74) is 6.25. The Morgan fingerprint density at radius 3 is 2.81 bits per heavy atom. The minimum atomic E-state index is -0.724. The zero-order valence-electron chi connectivity index (χ0n) is 12.2. The van der Waals surface area contributed by atoms with E-state index in [1.807, 2.05) is 0 Å². The fourth-order valence-electron chi connectivity index (χ4n) is 2.24. The monoisotopic (exact) mass is 296 g/mol. The first-order chi connectivity index (χ1) is 10.1. The van der Waals surface area contributed by atoms with Crippen molar-refractivity contribution in [2.75, 3.05) is 32.8 Å². The van der Waals surface area contributed by atoms with E-state index in [0.717, 1.165) is 5.56 Å². The Hall–Kier alpha value is -1.66. The molecule has 0 bridgehead atoms. The Morgan fingerprint density at radius 2 is 2.19 bits per heavy atom. The zero-order chi connectivity index (χ0) is 15.2. The molecule has 0 spiro atoms. The van der Waals surface area contributed by atoms with Gasteiger partial charge in [0.25, 0.3) is 5.91 Å². The summed E-state index contributed by atoms with van der Waals surface area (Å²) in [5, 5.41) is 0. The SMILES string of the molecule is CC(Oc1ccc(CCN)cc1F)C(=O)N1CCOCC1. The number of ether oxygens (including phenoxy) is 2. The van der Waals surface area contributed by atoms with Gasteiger partial charge in [-0.3, -0.25) is 4.79 Å². The second-order valence-corrected chi connectivity index (χ2v) is 5.00. The van der Waals surface area contributed by atoms with Crippen molar-refractivity contribution in [3.63, 3.8) is 0 Å². The van der Waals surface area contributed by atoms with Gasteiger partial charge in [-0.05, 0) is 37.6 Å². The first-order valence-corrected chi connectivity index (χ1v) is 7.13. The molecule has 1 fully saturated rings. The molecule has 1 atom stereocenters. The summed E-state index contributed by atoms with van der Waals surface area (Å²) in [4.78, 5) is 13.9. The van der Waals surface area contributed by atoms with Crippen molar-refractivity contribution in [2.24, 2.45) is 5.73 Å². The van der Waals surface area contributed by atoms with Crippen molar-refractivity contribution in [1.29, 1.82) is 0 Å². The quantitative estimate of drug-likeness (QED) is 0.879. The maximum absolute atomic E-state index is 13.9. The second kappa shape index (κ2) is 7.38. The van der Waals surface area contributed by atoms with Crippen LogP contribution in [0, 0.1) is 5.82 Å². The molecule has 0 aromatic heterocycles. The highest BCUT2D eigenvalue weighted by molar-refractivity contribution is 5.81. The topological polar surface area (TPSA) is 64.8 Å². The molecule has 1 aromatic rings. The van der Waals surface area contributed by atoms with Gasteiger partial charge in [0.1, 0.15) is 0 Å². The van der Waals surface area contributed by atoms with Crippen molar-refractivity contribution in [1.82, 2.24) is 4.90 Å². The van der Waals surface area contributed by atoms with Crippen LogP contribution in [0.5, 0.6) is 5.75 Å². The van der Waals surface area contributed by atoms with Crippen LogP contribution in [0.25, 0.3) is 0 Å². The fourth-order valence-corrected chi connectivity index (χ4v) is 2.24. The number of hydrogen-bond acceptors (Lipinski definition) is 4. The average molecular weight is 296 g/mol. The van der Waals surface area contributed by atoms with Crippen molar-refractivity contribution in [2.45, 2.75) is 19.4 Å². The molecule has 21 heavy (non-hydrogen) atoms. The summed E-state index contributed by atoms with van der Waals surface area (Å²) in [6.07, 6.45) is -0.114. The molecular formula is C15H21FN2O3. The van der Waals surface area contributed by atoms with Crippen LogP contribution in [0.15, 0.2) is 18.2 Å². The Kier molecular flexibility index (Phi) is 5.52. The van der Waals surface area contributed by atoms with Crippen LogP contribution in [0.4, 0.5) is 4.39 Å².